The Morgan fingerprint density at radius 3 is 2.26 bits per heavy atom. The monoisotopic (exact) mass is 342 g/mol. The van der Waals surface area contributed by atoms with Crippen molar-refractivity contribution in [2.45, 2.75) is 25.2 Å². The zero-order valence-corrected chi connectivity index (χ0v) is 14.4. The third-order valence-electron chi connectivity index (χ3n) is 3.08. The SMILES string of the molecule is CCCN(CC(=O)NC)S(=O)(=O)c1ccc(C(=O)OCC)cc1. The van der Waals surface area contributed by atoms with E-state index in [0.29, 0.717) is 6.42 Å². The summed E-state index contributed by atoms with van der Waals surface area (Å²) >= 11 is 0. The van der Waals surface area contributed by atoms with Gasteiger partial charge in [0.25, 0.3) is 0 Å². The first kappa shape index (κ1) is 19.1. The number of sulfonamides is 1. The second-order valence-corrected chi connectivity index (χ2v) is 6.69. The molecule has 0 spiro atoms. The quantitative estimate of drug-likeness (QED) is 0.712. The fraction of sp³-hybridized carbons (Fsp3) is 0.467. The van der Waals surface area contributed by atoms with Crippen molar-refractivity contribution in [3.8, 4) is 0 Å². The molecule has 1 amide bonds. The Morgan fingerprint density at radius 1 is 1.17 bits per heavy atom. The zero-order valence-electron chi connectivity index (χ0n) is 13.5. The Hall–Kier alpha value is -1.93. The zero-order chi connectivity index (χ0) is 17.5. The number of rotatable bonds is 8. The average molecular weight is 342 g/mol. The van der Waals surface area contributed by atoms with E-state index in [1.165, 1.54) is 31.3 Å². The summed E-state index contributed by atoms with van der Waals surface area (Å²) in [6, 6.07) is 5.48. The van der Waals surface area contributed by atoms with Crippen LogP contribution in [-0.2, 0) is 19.6 Å². The molecule has 0 aliphatic heterocycles. The number of benzene rings is 1. The van der Waals surface area contributed by atoms with E-state index in [0.717, 1.165) is 4.31 Å². The minimum atomic E-state index is -3.80. The summed E-state index contributed by atoms with van der Waals surface area (Å²) in [6.45, 7) is 3.76. The number of ether oxygens (including phenoxy) is 1. The largest absolute Gasteiger partial charge is 0.462 e. The standard InChI is InChI=1S/C15H22N2O5S/c1-4-10-17(11-14(18)16-3)23(20,21)13-8-6-12(7-9-13)15(19)22-5-2/h6-9H,4-5,10-11H2,1-3H3,(H,16,18). The maximum atomic E-state index is 12.6. The lowest BCUT2D eigenvalue weighted by Gasteiger charge is -2.20. The van der Waals surface area contributed by atoms with Gasteiger partial charge in [0.2, 0.25) is 15.9 Å². The lowest BCUT2D eigenvalue weighted by atomic mass is 10.2. The molecule has 0 fully saturated rings. The van der Waals surface area contributed by atoms with Crippen LogP contribution in [0.25, 0.3) is 0 Å². The Kier molecular flexibility index (Phi) is 7.18. The van der Waals surface area contributed by atoms with Gasteiger partial charge in [0.05, 0.1) is 23.6 Å². The first-order valence-corrected chi connectivity index (χ1v) is 8.78. The van der Waals surface area contributed by atoms with E-state index in [9.17, 15) is 18.0 Å². The number of amides is 1. The molecule has 1 aromatic rings. The second kappa shape index (κ2) is 8.64. The summed E-state index contributed by atoms with van der Waals surface area (Å²) in [7, 11) is -2.35. The number of nitrogens with zero attached hydrogens (tertiary/aromatic N) is 1. The molecule has 23 heavy (non-hydrogen) atoms. The van der Waals surface area contributed by atoms with Gasteiger partial charge in [-0.15, -0.1) is 0 Å². The van der Waals surface area contributed by atoms with Gasteiger partial charge in [-0.3, -0.25) is 4.79 Å². The Bertz CT molecular complexity index is 640. The van der Waals surface area contributed by atoms with E-state index in [-0.39, 0.29) is 36.1 Å². The molecule has 0 saturated heterocycles. The van der Waals surface area contributed by atoms with Crippen LogP contribution >= 0.6 is 0 Å². The van der Waals surface area contributed by atoms with E-state index in [1.54, 1.807) is 6.92 Å². The molecule has 1 aromatic carbocycles. The fourth-order valence-corrected chi connectivity index (χ4v) is 3.39. The van der Waals surface area contributed by atoms with Gasteiger partial charge in [0.1, 0.15) is 0 Å². The van der Waals surface area contributed by atoms with Crippen LogP contribution in [0.15, 0.2) is 29.2 Å². The summed E-state index contributed by atoms with van der Waals surface area (Å²) in [5.74, 6) is -0.891. The van der Waals surface area contributed by atoms with Gasteiger partial charge in [-0.05, 0) is 37.6 Å². The Balaban J connectivity index is 3.05. The van der Waals surface area contributed by atoms with Crippen molar-refractivity contribution < 1.29 is 22.7 Å². The molecular weight excluding hydrogens is 320 g/mol. The summed E-state index contributed by atoms with van der Waals surface area (Å²) in [4.78, 5) is 23.1. The summed E-state index contributed by atoms with van der Waals surface area (Å²) < 4.78 is 31.2. The van der Waals surface area contributed by atoms with Crippen LogP contribution in [0, 0.1) is 0 Å². The topological polar surface area (TPSA) is 92.8 Å². The normalized spacial score (nSPS) is 11.3. The van der Waals surface area contributed by atoms with Crippen molar-refractivity contribution in [1.82, 2.24) is 9.62 Å². The molecule has 7 nitrogen and oxygen atoms in total. The van der Waals surface area contributed by atoms with Crippen LogP contribution in [0.5, 0.6) is 0 Å². The van der Waals surface area contributed by atoms with Gasteiger partial charge < -0.3 is 10.1 Å². The van der Waals surface area contributed by atoms with Crippen LogP contribution in [0.1, 0.15) is 30.6 Å². The first-order chi connectivity index (χ1) is 10.9. The molecule has 128 valence electrons. The summed E-state index contributed by atoms with van der Waals surface area (Å²) in [6.07, 6.45) is 0.580. The van der Waals surface area contributed by atoms with E-state index >= 15 is 0 Å². The minimum absolute atomic E-state index is 0.0305. The second-order valence-electron chi connectivity index (χ2n) is 4.76. The molecule has 8 heteroatoms. The van der Waals surface area contributed by atoms with Crippen molar-refractivity contribution in [3.63, 3.8) is 0 Å². The number of carbonyl (C=O) groups excluding carboxylic acids is 2. The third-order valence-corrected chi connectivity index (χ3v) is 4.93. The molecule has 0 aromatic heterocycles. The van der Waals surface area contributed by atoms with Crippen molar-refractivity contribution in [1.29, 1.82) is 0 Å². The highest BCUT2D eigenvalue weighted by Crippen LogP contribution is 2.17. The van der Waals surface area contributed by atoms with Crippen molar-refractivity contribution in [2.24, 2.45) is 0 Å². The molecule has 0 bridgehead atoms. The lowest BCUT2D eigenvalue weighted by Crippen LogP contribution is -2.40. The molecule has 0 aliphatic rings. The highest BCUT2D eigenvalue weighted by atomic mass is 32.2. The number of hydrogen-bond donors (Lipinski definition) is 1. The van der Waals surface area contributed by atoms with E-state index in [2.05, 4.69) is 5.32 Å². The predicted octanol–water partition coefficient (Wildman–Crippen LogP) is 1.01. The molecule has 0 aliphatic carbocycles. The van der Waals surface area contributed by atoms with Crippen molar-refractivity contribution >= 4 is 21.9 Å². The number of hydrogen-bond acceptors (Lipinski definition) is 5. The highest BCUT2D eigenvalue weighted by molar-refractivity contribution is 7.89. The van der Waals surface area contributed by atoms with Gasteiger partial charge in [-0.25, -0.2) is 13.2 Å². The van der Waals surface area contributed by atoms with Crippen molar-refractivity contribution in [3.05, 3.63) is 29.8 Å². The molecule has 1 N–H and O–H groups in total. The third kappa shape index (κ3) is 5.04. The Labute approximate surface area is 136 Å². The van der Waals surface area contributed by atoms with Gasteiger partial charge in [0.15, 0.2) is 0 Å². The van der Waals surface area contributed by atoms with Crippen LogP contribution in [0.3, 0.4) is 0 Å². The molecule has 0 heterocycles. The van der Waals surface area contributed by atoms with Gasteiger partial charge in [-0.1, -0.05) is 6.92 Å². The van der Waals surface area contributed by atoms with Crippen LogP contribution < -0.4 is 5.32 Å². The molecule has 0 saturated carbocycles. The van der Waals surface area contributed by atoms with Gasteiger partial charge >= 0.3 is 5.97 Å². The van der Waals surface area contributed by atoms with E-state index in [1.807, 2.05) is 6.92 Å². The van der Waals surface area contributed by atoms with Gasteiger partial charge in [0, 0.05) is 13.6 Å². The molecule has 1 rings (SSSR count). The maximum absolute atomic E-state index is 12.6. The smallest absolute Gasteiger partial charge is 0.338 e. The molecule has 0 atom stereocenters. The van der Waals surface area contributed by atoms with Gasteiger partial charge in [-0.2, -0.15) is 4.31 Å². The number of nitrogens with one attached hydrogen (secondary N) is 1. The molecule has 0 unspecified atom stereocenters. The summed E-state index contributed by atoms with van der Waals surface area (Å²) in [5, 5.41) is 2.41. The summed E-state index contributed by atoms with van der Waals surface area (Å²) in [5.41, 5.74) is 0.277. The average Bonchev–Trinajstić information content (AvgIpc) is 2.54. The lowest BCUT2D eigenvalue weighted by molar-refractivity contribution is -0.120. The van der Waals surface area contributed by atoms with E-state index < -0.39 is 16.0 Å². The maximum Gasteiger partial charge on any atom is 0.338 e. The highest BCUT2D eigenvalue weighted by Gasteiger charge is 2.25. The Morgan fingerprint density at radius 2 is 1.78 bits per heavy atom. The fourth-order valence-electron chi connectivity index (χ4n) is 1.90. The number of esters is 1. The van der Waals surface area contributed by atoms with E-state index in [4.69, 9.17) is 4.74 Å². The van der Waals surface area contributed by atoms with Crippen LogP contribution in [0.4, 0.5) is 0 Å². The van der Waals surface area contributed by atoms with Crippen LogP contribution in [0.2, 0.25) is 0 Å². The molecular formula is C15H22N2O5S. The number of carbonyl (C=O) groups is 2. The predicted molar refractivity (Wildman–Crippen MR) is 85.5 cm³/mol. The first-order valence-electron chi connectivity index (χ1n) is 7.34. The van der Waals surface area contributed by atoms with Crippen LogP contribution in [-0.4, -0.2) is 51.3 Å². The molecule has 0 radical (unpaired) electrons. The number of likely N-dealkylation sites (N-methyl/N-ethyl adjacent to an activating group) is 1. The minimum Gasteiger partial charge on any atom is -0.462 e. The van der Waals surface area contributed by atoms with Crippen molar-refractivity contribution in [2.75, 3.05) is 26.7 Å².